The minimum absolute atomic E-state index is 0.00592. The summed E-state index contributed by atoms with van der Waals surface area (Å²) in [5.74, 6) is -0.156. The molecule has 0 bridgehead atoms. The van der Waals surface area contributed by atoms with Crippen molar-refractivity contribution in [3.05, 3.63) is 64.0 Å². The van der Waals surface area contributed by atoms with Crippen molar-refractivity contribution in [2.24, 2.45) is 0 Å². The molecule has 2 heterocycles. The van der Waals surface area contributed by atoms with Gasteiger partial charge in [0.05, 0.1) is 11.0 Å². The Labute approximate surface area is 181 Å². The van der Waals surface area contributed by atoms with Gasteiger partial charge in [0.25, 0.3) is 5.69 Å². The number of rotatable bonds is 7. The fourth-order valence-electron chi connectivity index (χ4n) is 3.84. The monoisotopic (exact) mass is 427 g/mol. The molecule has 1 aliphatic heterocycles. The largest absolute Gasteiger partial charge is 0.348 e. The normalized spacial score (nSPS) is 15.5. The van der Waals surface area contributed by atoms with E-state index in [0.717, 1.165) is 17.7 Å². The smallest absolute Gasteiger partial charge is 0.318 e. The van der Waals surface area contributed by atoms with Gasteiger partial charge >= 0.3 is 6.03 Å². The number of fused-ring (bicyclic) bond motifs is 1. The summed E-state index contributed by atoms with van der Waals surface area (Å²) in [5, 5.41) is 13.9. The van der Waals surface area contributed by atoms with Gasteiger partial charge < -0.3 is 19.7 Å². The molecule has 0 radical (unpaired) electrons. The zero-order valence-electron chi connectivity index (χ0n) is 18.2. The first-order valence-electron chi connectivity index (χ1n) is 10.6. The molecule has 9 heteroatoms. The van der Waals surface area contributed by atoms with Crippen LogP contribution < -0.4 is 5.32 Å². The SMILES string of the molecule is CCCNC(=O)N(CC(=O)N1CCn2cccc2C1c1ccc([N+](=O)[O-])cc1)C(C)C. The predicted molar refractivity (Wildman–Crippen MR) is 117 cm³/mol. The van der Waals surface area contributed by atoms with E-state index in [4.69, 9.17) is 0 Å². The van der Waals surface area contributed by atoms with E-state index in [1.165, 1.54) is 12.1 Å². The summed E-state index contributed by atoms with van der Waals surface area (Å²) in [6.07, 6.45) is 2.78. The van der Waals surface area contributed by atoms with E-state index in [2.05, 4.69) is 9.88 Å². The van der Waals surface area contributed by atoms with Gasteiger partial charge in [-0.25, -0.2) is 4.79 Å². The van der Waals surface area contributed by atoms with Crippen LogP contribution in [-0.2, 0) is 11.3 Å². The van der Waals surface area contributed by atoms with E-state index in [0.29, 0.717) is 19.6 Å². The van der Waals surface area contributed by atoms with Gasteiger partial charge in [-0.3, -0.25) is 14.9 Å². The number of nitro groups is 1. The average Bonchev–Trinajstić information content (AvgIpc) is 3.23. The number of hydrogen-bond acceptors (Lipinski definition) is 4. The Balaban J connectivity index is 1.88. The Hall–Kier alpha value is -3.36. The molecule has 0 saturated heterocycles. The van der Waals surface area contributed by atoms with Crippen molar-refractivity contribution >= 4 is 17.6 Å². The molecule has 1 aromatic carbocycles. The van der Waals surface area contributed by atoms with Crippen molar-refractivity contribution in [1.82, 2.24) is 19.7 Å². The van der Waals surface area contributed by atoms with Crippen LogP contribution in [0.4, 0.5) is 10.5 Å². The van der Waals surface area contributed by atoms with Gasteiger partial charge in [-0.1, -0.05) is 6.92 Å². The van der Waals surface area contributed by atoms with Crippen molar-refractivity contribution in [3.8, 4) is 0 Å². The number of nitro benzene ring substituents is 1. The topological polar surface area (TPSA) is 101 Å². The number of non-ortho nitro benzene ring substituents is 1. The van der Waals surface area contributed by atoms with E-state index >= 15 is 0 Å². The maximum absolute atomic E-state index is 13.4. The standard InChI is InChI=1S/C22H29N5O4/c1-4-11-23-22(29)26(16(2)3)15-20(28)25-14-13-24-12-5-6-19(24)21(25)17-7-9-18(10-8-17)27(30)31/h5-10,12,16,21H,4,11,13-15H2,1-3H3,(H,23,29). The number of urea groups is 1. The highest BCUT2D eigenvalue weighted by Gasteiger charge is 2.34. The first-order valence-corrected chi connectivity index (χ1v) is 10.6. The number of benzene rings is 1. The minimum Gasteiger partial charge on any atom is -0.348 e. The highest BCUT2D eigenvalue weighted by Crippen LogP contribution is 2.33. The molecule has 1 atom stereocenters. The van der Waals surface area contributed by atoms with Crippen molar-refractivity contribution in [1.29, 1.82) is 0 Å². The Morgan fingerprint density at radius 3 is 2.55 bits per heavy atom. The molecule has 2 aromatic rings. The Morgan fingerprint density at radius 2 is 1.94 bits per heavy atom. The number of carbonyl (C=O) groups excluding carboxylic acids is 2. The molecule has 1 aliphatic rings. The highest BCUT2D eigenvalue weighted by molar-refractivity contribution is 5.85. The number of carbonyl (C=O) groups is 2. The molecular weight excluding hydrogens is 398 g/mol. The molecule has 3 amide bonds. The number of nitrogens with zero attached hydrogens (tertiary/aromatic N) is 4. The Morgan fingerprint density at radius 1 is 1.23 bits per heavy atom. The lowest BCUT2D eigenvalue weighted by atomic mass is 9.99. The highest BCUT2D eigenvalue weighted by atomic mass is 16.6. The van der Waals surface area contributed by atoms with Crippen LogP contribution in [0.1, 0.15) is 44.5 Å². The van der Waals surface area contributed by atoms with Crippen molar-refractivity contribution in [2.75, 3.05) is 19.6 Å². The lowest BCUT2D eigenvalue weighted by molar-refractivity contribution is -0.384. The zero-order valence-corrected chi connectivity index (χ0v) is 18.2. The summed E-state index contributed by atoms with van der Waals surface area (Å²) in [6.45, 7) is 7.41. The third-order valence-electron chi connectivity index (χ3n) is 5.49. The molecule has 1 unspecified atom stereocenters. The first-order chi connectivity index (χ1) is 14.8. The lowest BCUT2D eigenvalue weighted by Gasteiger charge is -2.39. The summed E-state index contributed by atoms with van der Waals surface area (Å²) < 4.78 is 2.09. The van der Waals surface area contributed by atoms with Crippen LogP contribution in [0.15, 0.2) is 42.6 Å². The van der Waals surface area contributed by atoms with Crippen molar-refractivity contribution in [3.63, 3.8) is 0 Å². The second-order valence-corrected chi connectivity index (χ2v) is 7.92. The summed E-state index contributed by atoms with van der Waals surface area (Å²) in [5.41, 5.74) is 1.75. The summed E-state index contributed by atoms with van der Waals surface area (Å²) in [7, 11) is 0. The number of amides is 3. The Kier molecular flexibility index (Phi) is 6.94. The molecule has 0 aliphatic carbocycles. The predicted octanol–water partition coefficient (Wildman–Crippen LogP) is 3.16. The molecule has 31 heavy (non-hydrogen) atoms. The summed E-state index contributed by atoms with van der Waals surface area (Å²) in [4.78, 5) is 39.8. The van der Waals surface area contributed by atoms with Gasteiger partial charge in [0.1, 0.15) is 6.54 Å². The number of hydrogen-bond donors (Lipinski definition) is 1. The average molecular weight is 428 g/mol. The van der Waals surface area contributed by atoms with E-state index in [-0.39, 0.29) is 36.3 Å². The zero-order chi connectivity index (χ0) is 22.5. The van der Waals surface area contributed by atoms with Crippen LogP contribution in [0.5, 0.6) is 0 Å². The molecule has 0 spiro atoms. The van der Waals surface area contributed by atoms with Crippen molar-refractivity contribution in [2.45, 2.75) is 45.8 Å². The third kappa shape index (κ3) is 4.87. The summed E-state index contributed by atoms with van der Waals surface area (Å²) >= 11 is 0. The molecular formula is C22H29N5O4. The fourth-order valence-corrected chi connectivity index (χ4v) is 3.84. The molecule has 0 saturated carbocycles. The molecule has 9 nitrogen and oxygen atoms in total. The van der Waals surface area contributed by atoms with Gasteiger partial charge in [0.2, 0.25) is 5.91 Å². The molecule has 3 rings (SSSR count). The van der Waals surface area contributed by atoms with Crippen LogP contribution >= 0.6 is 0 Å². The van der Waals surface area contributed by atoms with Crippen molar-refractivity contribution < 1.29 is 14.5 Å². The van der Waals surface area contributed by atoms with Gasteiger partial charge in [-0.05, 0) is 50.1 Å². The number of nitrogens with one attached hydrogen (secondary N) is 1. The lowest BCUT2D eigenvalue weighted by Crippen LogP contribution is -2.52. The van der Waals surface area contributed by atoms with Crippen LogP contribution in [0.25, 0.3) is 0 Å². The molecule has 166 valence electrons. The third-order valence-corrected chi connectivity index (χ3v) is 5.49. The van der Waals surface area contributed by atoms with Crippen LogP contribution in [-0.4, -0.2) is 56.9 Å². The maximum atomic E-state index is 13.4. The minimum atomic E-state index is -0.439. The molecule has 0 fully saturated rings. The molecule has 1 aromatic heterocycles. The van der Waals surface area contributed by atoms with Gasteiger partial charge in [-0.2, -0.15) is 0 Å². The maximum Gasteiger partial charge on any atom is 0.318 e. The first kappa shape index (κ1) is 22.3. The van der Waals surface area contributed by atoms with E-state index in [1.54, 1.807) is 21.9 Å². The van der Waals surface area contributed by atoms with E-state index in [1.807, 2.05) is 39.1 Å². The van der Waals surface area contributed by atoms with Gasteiger partial charge in [-0.15, -0.1) is 0 Å². The van der Waals surface area contributed by atoms with Crippen LogP contribution in [0.2, 0.25) is 0 Å². The van der Waals surface area contributed by atoms with Gasteiger partial charge in [0.15, 0.2) is 0 Å². The summed E-state index contributed by atoms with van der Waals surface area (Å²) in [6, 6.07) is 9.44. The van der Waals surface area contributed by atoms with Gasteiger partial charge in [0, 0.05) is 49.7 Å². The fraction of sp³-hybridized carbons (Fsp3) is 0.455. The number of aromatic nitrogens is 1. The quantitative estimate of drug-likeness (QED) is 0.542. The Bertz CT molecular complexity index is 938. The van der Waals surface area contributed by atoms with Crippen LogP contribution in [0.3, 0.4) is 0 Å². The molecule has 1 N–H and O–H groups in total. The van der Waals surface area contributed by atoms with Crippen LogP contribution in [0, 0.1) is 10.1 Å². The van der Waals surface area contributed by atoms with E-state index < -0.39 is 4.92 Å². The second kappa shape index (κ2) is 9.63. The second-order valence-electron chi connectivity index (χ2n) is 7.92. The van der Waals surface area contributed by atoms with E-state index in [9.17, 15) is 19.7 Å².